The summed E-state index contributed by atoms with van der Waals surface area (Å²) in [5.74, 6) is 0.475. The molecular formula is C16H29N3O. The lowest BCUT2D eigenvalue weighted by Gasteiger charge is -2.06. The van der Waals surface area contributed by atoms with Crippen LogP contribution in [-0.4, -0.2) is 21.6 Å². The fraction of sp³-hybridized carbons (Fsp3) is 0.750. The van der Waals surface area contributed by atoms with Gasteiger partial charge in [-0.05, 0) is 6.42 Å². The summed E-state index contributed by atoms with van der Waals surface area (Å²) in [5.41, 5.74) is 0. The minimum absolute atomic E-state index is 0.0143. The molecule has 0 aromatic carbocycles. The first kappa shape index (κ1) is 16.7. The minimum Gasteiger partial charge on any atom is -0.491 e. The van der Waals surface area contributed by atoms with E-state index in [9.17, 15) is 5.11 Å². The maximum absolute atomic E-state index is 9.44. The number of nitrogens with one attached hydrogen (secondary N) is 1. The molecule has 0 bridgehead atoms. The molecule has 1 heterocycles. The summed E-state index contributed by atoms with van der Waals surface area (Å²) in [7, 11) is 0. The van der Waals surface area contributed by atoms with Crippen LogP contribution in [0, 0.1) is 0 Å². The van der Waals surface area contributed by atoms with Crippen LogP contribution in [0.1, 0.15) is 71.1 Å². The van der Waals surface area contributed by atoms with Crippen molar-refractivity contribution in [2.45, 2.75) is 71.1 Å². The predicted molar refractivity (Wildman–Crippen MR) is 84.0 cm³/mol. The number of aromatic nitrogens is 2. The normalized spacial score (nSPS) is 10.7. The molecule has 4 nitrogen and oxygen atoms in total. The fourth-order valence-electron chi connectivity index (χ4n) is 2.27. The number of rotatable bonds is 12. The van der Waals surface area contributed by atoms with Gasteiger partial charge in [-0.2, -0.15) is 0 Å². The third kappa shape index (κ3) is 7.97. The van der Waals surface area contributed by atoms with E-state index in [4.69, 9.17) is 0 Å². The first-order valence-corrected chi connectivity index (χ1v) is 8.08. The van der Waals surface area contributed by atoms with Gasteiger partial charge in [0.2, 0.25) is 0 Å². The second-order valence-electron chi connectivity index (χ2n) is 5.34. The van der Waals surface area contributed by atoms with E-state index in [2.05, 4.69) is 22.2 Å². The van der Waals surface area contributed by atoms with E-state index in [0.717, 1.165) is 13.0 Å². The molecule has 0 saturated carbocycles. The van der Waals surface area contributed by atoms with Gasteiger partial charge in [-0.3, -0.25) is 0 Å². The zero-order valence-corrected chi connectivity index (χ0v) is 12.8. The van der Waals surface area contributed by atoms with Crippen molar-refractivity contribution in [3.8, 4) is 5.88 Å². The quantitative estimate of drug-likeness (QED) is 0.552. The molecule has 0 spiro atoms. The average molecular weight is 279 g/mol. The maximum atomic E-state index is 9.44. The second kappa shape index (κ2) is 11.5. The molecule has 0 aliphatic rings. The molecule has 1 rings (SSSR count). The molecule has 0 aliphatic heterocycles. The van der Waals surface area contributed by atoms with Gasteiger partial charge >= 0.3 is 0 Å². The van der Waals surface area contributed by atoms with Crippen LogP contribution in [-0.2, 0) is 0 Å². The van der Waals surface area contributed by atoms with E-state index in [1.807, 2.05) is 0 Å². The number of hydrogen-bond donors (Lipinski definition) is 2. The summed E-state index contributed by atoms with van der Waals surface area (Å²) >= 11 is 0. The van der Waals surface area contributed by atoms with Gasteiger partial charge in [0.1, 0.15) is 0 Å². The van der Waals surface area contributed by atoms with Crippen LogP contribution >= 0.6 is 0 Å². The van der Waals surface area contributed by atoms with Crippen LogP contribution in [0.4, 0.5) is 5.82 Å². The van der Waals surface area contributed by atoms with E-state index in [0.29, 0.717) is 5.82 Å². The van der Waals surface area contributed by atoms with Crippen molar-refractivity contribution >= 4 is 5.82 Å². The van der Waals surface area contributed by atoms with Gasteiger partial charge in [-0.25, -0.2) is 9.97 Å². The third-order valence-electron chi connectivity index (χ3n) is 3.50. The van der Waals surface area contributed by atoms with Gasteiger partial charge in [-0.1, -0.05) is 64.7 Å². The highest BCUT2D eigenvalue weighted by molar-refractivity contribution is 5.43. The first-order valence-electron chi connectivity index (χ1n) is 8.08. The molecule has 0 saturated heterocycles. The van der Waals surface area contributed by atoms with Crippen molar-refractivity contribution in [3.05, 3.63) is 12.4 Å². The minimum atomic E-state index is -0.0143. The van der Waals surface area contributed by atoms with Crippen LogP contribution in [0.25, 0.3) is 0 Å². The molecule has 0 radical (unpaired) electrons. The molecule has 114 valence electrons. The zero-order valence-electron chi connectivity index (χ0n) is 12.8. The smallest absolute Gasteiger partial charge is 0.254 e. The Labute approximate surface area is 123 Å². The summed E-state index contributed by atoms with van der Waals surface area (Å²) in [5, 5.41) is 12.6. The van der Waals surface area contributed by atoms with Crippen molar-refractivity contribution < 1.29 is 5.11 Å². The third-order valence-corrected chi connectivity index (χ3v) is 3.50. The highest BCUT2D eigenvalue weighted by Gasteiger charge is 2.00. The van der Waals surface area contributed by atoms with Crippen LogP contribution in [0.3, 0.4) is 0 Å². The van der Waals surface area contributed by atoms with E-state index in [-0.39, 0.29) is 5.88 Å². The molecule has 1 aromatic rings. The van der Waals surface area contributed by atoms with Gasteiger partial charge in [-0.15, -0.1) is 0 Å². The maximum Gasteiger partial charge on any atom is 0.254 e. The lowest BCUT2D eigenvalue weighted by atomic mass is 10.1. The first-order chi connectivity index (χ1) is 9.84. The molecule has 1 aromatic heterocycles. The monoisotopic (exact) mass is 279 g/mol. The Hall–Kier alpha value is -1.32. The summed E-state index contributed by atoms with van der Waals surface area (Å²) in [6.07, 6.45) is 16.4. The number of nitrogens with zero attached hydrogens (tertiary/aromatic N) is 2. The Morgan fingerprint density at radius 1 is 0.850 bits per heavy atom. The Morgan fingerprint density at radius 2 is 1.40 bits per heavy atom. The molecule has 0 aliphatic carbocycles. The van der Waals surface area contributed by atoms with E-state index in [1.165, 1.54) is 64.0 Å². The highest BCUT2D eigenvalue weighted by Crippen LogP contribution is 2.15. The fourth-order valence-corrected chi connectivity index (χ4v) is 2.27. The molecule has 2 N–H and O–H groups in total. The molecule has 4 heteroatoms. The molecule has 0 amide bonds. The number of hydrogen-bond acceptors (Lipinski definition) is 4. The lowest BCUT2D eigenvalue weighted by molar-refractivity contribution is 0.452. The average Bonchev–Trinajstić information content (AvgIpc) is 2.46. The Balaban J connectivity index is 1.87. The Bertz CT molecular complexity index is 344. The van der Waals surface area contributed by atoms with Crippen LogP contribution in [0.2, 0.25) is 0 Å². The van der Waals surface area contributed by atoms with Crippen LogP contribution < -0.4 is 5.32 Å². The van der Waals surface area contributed by atoms with Gasteiger partial charge in [0.15, 0.2) is 5.82 Å². The lowest BCUT2D eigenvalue weighted by Crippen LogP contribution is -2.03. The van der Waals surface area contributed by atoms with Crippen molar-refractivity contribution in [1.29, 1.82) is 0 Å². The molecule has 0 atom stereocenters. The zero-order chi connectivity index (χ0) is 14.5. The number of aromatic hydroxyl groups is 1. The van der Waals surface area contributed by atoms with Crippen molar-refractivity contribution in [3.63, 3.8) is 0 Å². The SMILES string of the molecule is CCCCCCCCCCCCNc1nccnc1O. The molecule has 0 fully saturated rings. The van der Waals surface area contributed by atoms with Gasteiger partial charge in [0, 0.05) is 18.9 Å². The second-order valence-corrected chi connectivity index (χ2v) is 5.34. The molecular weight excluding hydrogens is 250 g/mol. The van der Waals surface area contributed by atoms with Crippen molar-refractivity contribution in [1.82, 2.24) is 9.97 Å². The van der Waals surface area contributed by atoms with E-state index < -0.39 is 0 Å². The van der Waals surface area contributed by atoms with Crippen molar-refractivity contribution in [2.75, 3.05) is 11.9 Å². The topological polar surface area (TPSA) is 58.0 Å². The summed E-state index contributed by atoms with van der Waals surface area (Å²) in [6.45, 7) is 3.11. The number of unbranched alkanes of at least 4 members (excludes halogenated alkanes) is 9. The van der Waals surface area contributed by atoms with Crippen LogP contribution in [0.15, 0.2) is 12.4 Å². The van der Waals surface area contributed by atoms with E-state index >= 15 is 0 Å². The van der Waals surface area contributed by atoms with Crippen LogP contribution in [0.5, 0.6) is 5.88 Å². The Morgan fingerprint density at radius 3 is 2.00 bits per heavy atom. The number of anilines is 1. The van der Waals surface area contributed by atoms with E-state index in [1.54, 1.807) is 6.20 Å². The summed E-state index contributed by atoms with van der Waals surface area (Å²) in [4.78, 5) is 7.82. The summed E-state index contributed by atoms with van der Waals surface area (Å²) in [6, 6.07) is 0. The highest BCUT2D eigenvalue weighted by atomic mass is 16.3. The van der Waals surface area contributed by atoms with Gasteiger partial charge in [0.25, 0.3) is 5.88 Å². The van der Waals surface area contributed by atoms with Crippen molar-refractivity contribution in [2.24, 2.45) is 0 Å². The van der Waals surface area contributed by atoms with Gasteiger partial charge < -0.3 is 10.4 Å². The Kier molecular flexibility index (Phi) is 9.62. The standard InChI is InChI=1S/C16H29N3O/c1-2-3-4-5-6-7-8-9-10-11-12-17-15-16(20)19-14-13-18-15/h13-14H,2-12H2,1H3,(H,17,18)(H,19,20). The predicted octanol–water partition coefficient (Wildman–Crippen LogP) is 4.52. The summed E-state index contributed by atoms with van der Waals surface area (Å²) < 4.78 is 0. The molecule has 20 heavy (non-hydrogen) atoms. The van der Waals surface area contributed by atoms with Gasteiger partial charge in [0.05, 0.1) is 0 Å². The molecule has 0 unspecified atom stereocenters. The largest absolute Gasteiger partial charge is 0.491 e.